The minimum Gasteiger partial charge on any atom is -0.303 e. The van der Waals surface area contributed by atoms with E-state index in [2.05, 4.69) is 5.92 Å². The van der Waals surface area contributed by atoms with E-state index < -0.39 is 17.4 Å². The van der Waals surface area contributed by atoms with E-state index in [0.717, 1.165) is 18.2 Å². The Bertz CT molecular complexity index is 439. The monoisotopic (exact) mass is 215 g/mol. The van der Waals surface area contributed by atoms with Crippen molar-refractivity contribution in [2.45, 2.75) is 19.1 Å². The summed E-state index contributed by atoms with van der Waals surface area (Å²) in [6.45, 7) is -0.120. The summed E-state index contributed by atoms with van der Waals surface area (Å²) in [5.41, 5.74) is -1.66. The molecule has 0 aliphatic rings. The average Bonchev–Trinajstić information content (AvgIpc) is 2.14. The number of nitrogens with zero attached hydrogens (tertiary/aromatic N) is 1. The topological polar surface area (TPSA) is 22.0 Å². The molecule has 0 bridgehead atoms. The van der Waals surface area contributed by atoms with Crippen molar-refractivity contribution >= 4 is 0 Å². The number of halogens is 3. The van der Waals surface area contributed by atoms with Crippen molar-refractivity contribution in [1.29, 1.82) is 0 Å². The lowest BCUT2D eigenvalue weighted by Gasteiger charge is -2.13. The Morgan fingerprint density at radius 1 is 1.40 bits per heavy atom. The van der Waals surface area contributed by atoms with Crippen molar-refractivity contribution in [2.24, 2.45) is 0 Å². The van der Waals surface area contributed by atoms with Crippen LogP contribution in [0.5, 0.6) is 0 Å². The maximum absolute atomic E-state index is 12.4. The lowest BCUT2D eigenvalue weighted by atomic mass is 10.3. The molecule has 1 heterocycles. The second kappa shape index (κ2) is 4.22. The molecule has 0 N–H and O–H groups in total. The van der Waals surface area contributed by atoms with E-state index in [1.807, 2.05) is 0 Å². The van der Waals surface area contributed by atoms with Gasteiger partial charge in [0.05, 0.1) is 0 Å². The first kappa shape index (κ1) is 11.4. The summed E-state index contributed by atoms with van der Waals surface area (Å²) in [6, 6.07) is 3.02. The molecule has 1 aromatic rings. The molecule has 0 saturated heterocycles. The Morgan fingerprint density at radius 3 is 2.60 bits per heavy atom. The van der Waals surface area contributed by atoms with Gasteiger partial charge in [-0.1, -0.05) is 6.07 Å². The molecule has 2 nitrogen and oxygen atoms in total. The van der Waals surface area contributed by atoms with Crippen molar-refractivity contribution in [2.75, 3.05) is 0 Å². The third kappa shape index (κ3) is 2.62. The van der Waals surface area contributed by atoms with Gasteiger partial charge in [-0.15, -0.1) is 12.3 Å². The molecule has 0 aliphatic heterocycles. The molecule has 1 aromatic heterocycles. The third-order valence-electron chi connectivity index (χ3n) is 1.82. The van der Waals surface area contributed by atoms with Crippen LogP contribution in [-0.2, 0) is 12.7 Å². The number of aromatic nitrogens is 1. The number of alkyl halides is 3. The molecular weight excluding hydrogens is 207 g/mol. The number of terminal acetylenes is 1. The van der Waals surface area contributed by atoms with Crippen LogP contribution in [0.3, 0.4) is 0 Å². The van der Waals surface area contributed by atoms with Crippen molar-refractivity contribution in [1.82, 2.24) is 4.57 Å². The molecule has 0 atom stereocenters. The normalized spacial score (nSPS) is 11.1. The fourth-order valence-corrected chi connectivity index (χ4v) is 1.17. The first-order chi connectivity index (χ1) is 6.96. The highest BCUT2D eigenvalue weighted by molar-refractivity contribution is 5.10. The van der Waals surface area contributed by atoms with Gasteiger partial charge < -0.3 is 4.57 Å². The molecule has 0 fully saturated rings. The zero-order valence-corrected chi connectivity index (χ0v) is 7.71. The highest BCUT2D eigenvalue weighted by Crippen LogP contribution is 2.28. The molecule has 0 amide bonds. The van der Waals surface area contributed by atoms with Gasteiger partial charge in [-0.05, 0) is 6.07 Å². The Balaban J connectivity index is 3.22. The minimum absolute atomic E-state index is 0.0903. The summed E-state index contributed by atoms with van der Waals surface area (Å²) in [5, 5.41) is 0. The maximum atomic E-state index is 12.4. The van der Waals surface area contributed by atoms with Crippen molar-refractivity contribution in [3.63, 3.8) is 0 Å². The van der Waals surface area contributed by atoms with Gasteiger partial charge in [-0.3, -0.25) is 4.79 Å². The molecule has 0 unspecified atom stereocenters. The number of pyridine rings is 1. The van der Waals surface area contributed by atoms with Crippen LogP contribution in [0.2, 0.25) is 0 Å². The second-order valence-electron chi connectivity index (χ2n) is 2.85. The molecule has 80 valence electrons. The van der Waals surface area contributed by atoms with E-state index in [-0.39, 0.29) is 13.0 Å². The number of hydrogen-bond acceptors (Lipinski definition) is 1. The van der Waals surface area contributed by atoms with Crippen LogP contribution < -0.4 is 5.56 Å². The van der Waals surface area contributed by atoms with E-state index in [9.17, 15) is 18.0 Å². The van der Waals surface area contributed by atoms with Gasteiger partial charge in [0.15, 0.2) is 0 Å². The Morgan fingerprint density at radius 2 is 2.07 bits per heavy atom. The van der Waals surface area contributed by atoms with Crippen molar-refractivity contribution in [3.05, 3.63) is 34.2 Å². The molecule has 15 heavy (non-hydrogen) atoms. The lowest BCUT2D eigenvalue weighted by Crippen LogP contribution is -2.27. The number of hydrogen-bond donors (Lipinski definition) is 0. The summed E-state index contributed by atoms with van der Waals surface area (Å²) in [7, 11) is 0. The first-order valence-electron chi connectivity index (χ1n) is 4.17. The smallest absolute Gasteiger partial charge is 0.303 e. The average molecular weight is 215 g/mol. The van der Waals surface area contributed by atoms with Gasteiger partial charge in [0, 0.05) is 19.0 Å². The summed E-state index contributed by atoms with van der Waals surface area (Å²) in [6.07, 6.45) is 0.496. The van der Waals surface area contributed by atoms with Crippen LogP contribution in [0.4, 0.5) is 13.2 Å². The predicted octanol–water partition coefficient (Wildman–Crippen LogP) is 1.89. The van der Waals surface area contributed by atoms with E-state index >= 15 is 0 Å². The molecule has 1 rings (SSSR count). The Hall–Kier alpha value is -1.70. The molecule has 0 aromatic carbocycles. The highest BCUT2D eigenvalue weighted by Gasteiger charge is 2.33. The highest BCUT2D eigenvalue weighted by atomic mass is 19.4. The van der Waals surface area contributed by atoms with Crippen LogP contribution in [0.15, 0.2) is 23.0 Å². The van der Waals surface area contributed by atoms with Gasteiger partial charge in [0.1, 0.15) is 5.69 Å². The molecule has 0 saturated carbocycles. The third-order valence-corrected chi connectivity index (χ3v) is 1.82. The first-order valence-corrected chi connectivity index (χ1v) is 4.17. The van der Waals surface area contributed by atoms with Gasteiger partial charge in [0.25, 0.3) is 5.56 Å². The van der Waals surface area contributed by atoms with Gasteiger partial charge in [-0.2, -0.15) is 13.2 Å². The summed E-state index contributed by atoms with van der Waals surface area (Å²) in [5.74, 6) is 2.19. The molecule has 0 aliphatic carbocycles. The standard InChI is InChI=1S/C10H8F3NO/c1-2-3-7-14-8(10(11,12)13)5-4-6-9(14)15/h1,4-6H,3,7H2. The predicted molar refractivity (Wildman–Crippen MR) is 49.2 cm³/mol. The zero-order valence-electron chi connectivity index (χ0n) is 7.71. The Labute approximate surface area is 84.3 Å². The van der Waals surface area contributed by atoms with Crippen LogP contribution >= 0.6 is 0 Å². The van der Waals surface area contributed by atoms with Gasteiger partial charge >= 0.3 is 6.18 Å². The number of rotatable bonds is 2. The summed E-state index contributed by atoms with van der Waals surface area (Å²) >= 11 is 0. The molecule has 5 heteroatoms. The second-order valence-corrected chi connectivity index (χ2v) is 2.85. The van der Waals surface area contributed by atoms with Crippen LogP contribution in [0.1, 0.15) is 12.1 Å². The summed E-state index contributed by atoms with van der Waals surface area (Å²) < 4.78 is 38.0. The zero-order chi connectivity index (χ0) is 11.5. The fraction of sp³-hybridized carbons (Fsp3) is 0.300. The fourth-order valence-electron chi connectivity index (χ4n) is 1.17. The van der Waals surface area contributed by atoms with Gasteiger partial charge in [-0.25, -0.2) is 0 Å². The van der Waals surface area contributed by atoms with Gasteiger partial charge in [0.2, 0.25) is 0 Å². The lowest BCUT2D eigenvalue weighted by molar-refractivity contribution is -0.144. The van der Waals surface area contributed by atoms with Crippen molar-refractivity contribution < 1.29 is 13.2 Å². The van der Waals surface area contributed by atoms with Crippen molar-refractivity contribution in [3.8, 4) is 12.3 Å². The quantitative estimate of drug-likeness (QED) is 0.690. The molecule has 0 spiro atoms. The SMILES string of the molecule is C#CCCn1c(C(F)(F)F)cccc1=O. The Kier molecular flexibility index (Phi) is 3.20. The summed E-state index contributed by atoms with van der Waals surface area (Å²) in [4.78, 5) is 11.2. The van der Waals surface area contributed by atoms with E-state index in [1.165, 1.54) is 0 Å². The largest absolute Gasteiger partial charge is 0.431 e. The van der Waals surface area contributed by atoms with E-state index in [1.54, 1.807) is 0 Å². The minimum atomic E-state index is -4.53. The van der Waals surface area contributed by atoms with Crippen LogP contribution in [0.25, 0.3) is 0 Å². The van der Waals surface area contributed by atoms with Crippen LogP contribution in [-0.4, -0.2) is 4.57 Å². The van der Waals surface area contributed by atoms with E-state index in [4.69, 9.17) is 6.42 Å². The maximum Gasteiger partial charge on any atom is 0.431 e. The molecule has 0 radical (unpaired) electrons. The van der Waals surface area contributed by atoms with E-state index in [0.29, 0.717) is 4.57 Å². The van der Waals surface area contributed by atoms with Crippen LogP contribution in [0, 0.1) is 12.3 Å². The molecular formula is C10H8F3NO.